The van der Waals surface area contributed by atoms with Crippen molar-refractivity contribution in [1.82, 2.24) is 10.3 Å². The molecule has 1 atom stereocenters. The van der Waals surface area contributed by atoms with Gasteiger partial charge in [-0.05, 0) is 31.2 Å². The monoisotopic (exact) mass is 284 g/mol. The van der Waals surface area contributed by atoms with E-state index in [4.69, 9.17) is 11.6 Å². The topological polar surface area (TPSA) is 24.9 Å². The highest BCUT2D eigenvalue weighted by Gasteiger charge is 2.19. The Hall–Kier alpha value is -0.970. The van der Waals surface area contributed by atoms with Crippen LogP contribution in [0.4, 0.5) is 4.39 Å². The molecule has 0 radical (unpaired) electrons. The minimum atomic E-state index is -0.261. The first-order valence-corrected chi connectivity index (χ1v) is 7.06. The summed E-state index contributed by atoms with van der Waals surface area (Å²) in [4.78, 5) is 4.26. The second-order valence-corrected chi connectivity index (χ2v) is 5.29. The van der Waals surface area contributed by atoms with Gasteiger partial charge in [0.1, 0.15) is 10.8 Å². The number of thiazole rings is 1. The maximum atomic E-state index is 13.9. The third kappa shape index (κ3) is 3.07. The Labute approximate surface area is 115 Å². The molecular weight excluding hydrogens is 271 g/mol. The molecule has 2 nitrogen and oxygen atoms in total. The van der Waals surface area contributed by atoms with E-state index in [2.05, 4.69) is 17.2 Å². The van der Waals surface area contributed by atoms with Gasteiger partial charge in [0.2, 0.25) is 0 Å². The Bertz CT molecular complexity index is 502. The molecule has 0 bridgehead atoms. The van der Waals surface area contributed by atoms with Gasteiger partial charge in [-0.2, -0.15) is 0 Å². The molecule has 0 aliphatic heterocycles. The zero-order chi connectivity index (χ0) is 13.0. The molecule has 0 fully saturated rings. The predicted molar refractivity (Wildman–Crippen MR) is 73.7 cm³/mol. The van der Waals surface area contributed by atoms with Gasteiger partial charge in [-0.25, -0.2) is 9.37 Å². The molecule has 0 saturated carbocycles. The lowest BCUT2D eigenvalue weighted by atomic mass is 10.1. The quantitative estimate of drug-likeness (QED) is 0.897. The van der Waals surface area contributed by atoms with Gasteiger partial charge in [0.25, 0.3) is 0 Å². The van der Waals surface area contributed by atoms with Crippen molar-refractivity contribution in [3.63, 3.8) is 0 Å². The minimum absolute atomic E-state index is 0.233. The predicted octanol–water partition coefficient (Wildman–Crippen LogP) is 4.02. The summed E-state index contributed by atoms with van der Waals surface area (Å²) in [6.45, 7) is 2.87. The molecule has 18 heavy (non-hydrogen) atoms. The molecule has 2 aromatic rings. The molecule has 0 amide bonds. The van der Waals surface area contributed by atoms with Gasteiger partial charge >= 0.3 is 0 Å². The molecule has 2 rings (SSSR count). The SMILES string of the molecule is CCCNC(c1nccs1)c1cc(Cl)ccc1F. The molecule has 1 heterocycles. The molecule has 1 unspecified atom stereocenters. The third-order valence-electron chi connectivity index (χ3n) is 2.57. The van der Waals surface area contributed by atoms with E-state index in [-0.39, 0.29) is 11.9 Å². The van der Waals surface area contributed by atoms with Crippen molar-refractivity contribution in [3.05, 3.63) is 51.2 Å². The van der Waals surface area contributed by atoms with Crippen molar-refractivity contribution in [2.45, 2.75) is 19.4 Å². The highest BCUT2D eigenvalue weighted by Crippen LogP contribution is 2.28. The van der Waals surface area contributed by atoms with E-state index in [1.54, 1.807) is 18.3 Å². The number of nitrogens with one attached hydrogen (secondary N) is 1. The van der Waals surface area contributed by atoms with Crippen LogP contribution < -0.4 is 5.32 Å². The zero-order valence-electron chi connectivity index (χ0n) is 9.99. The third-order valence-corrected chi connectivity index (χ3v) is 3.64. The Kier molecular flexibility index (Phi) is 4.69. The second kappa shape index (κ2) is 6.27. The van der Waals surface area contributed by atoms with Gasteiger partial charge in [0.15, 0.2) is 0 Å². The fraction of sp³-hybridized carbons (Fsp3) is 0.308. The first kappa shape index (κ1) is 13.5. The van der Waals surface area contributed by atoms with Gasteiger partial charge in [-0.3, -0.25) is 0 Å². The van der Waals surface area contributed by atoms with Crippen LogP contribution in [0.3, 0.4) is 0 Å². The lowest BCUT2D eigenvalue weighted by molar-refractivity contribution is 0.545. The molecule has 0 aliphatic carbocycles. The maximum absolute atomic E-state index is 13.9. The molecule has 1 aromatic carbocycles. The number of halogens is 2. The number of aromatic nitrogens is 1. The van der Waals surface area contributed by atoms with Crippen LogP contribution in [0.15, 0.2) is 29.8 Å². The van der Waals surface area contributed by atoms with Crippen LogP contribution in [-0.4, -0.2) is 11.5 Å². The van der Waals surface area contributed by atoms with Crippen molar-refractivity contribution in [2.24, 2.45) is 0 Å². The minimum Gasteiger partial charge on any atom is -0.304 e. The molecule has 1 aromatic heterocycles. The highest BCUT2D eigenvalue weighted by molar-refractivity contribution is 7.09. The molecular formula is C13H14ClFN2S. The summed E-state index contributed by atoms with van der Waals surface area (Å²) in [5.41, 5.74) is 0.547. The van der Waals surface area contributed by atoms with E-state index in [0.717, 1.165) is 18.0 Å². The Morgan fingerprint density at radius 3 is 3.00 bits per heavy atom. The van der Waals surface area contributed by atoms with Crippen LogP contribution in [0, 0.1) is 5.82 Å². The van der Waals surface area contributed by atoms with E-state index in [0.29, 0.717) is 10.6 Å². The van der Waals surface area contributed by atoms with E-state index >= 15 is 0 Å². The normalized spacial score (nSPS) is 12.6. The fourth-order valence-electron chi connectivity index (χ4n) is 1.73. The average Bonchev–Trinajstić information content (AvgIpc) is 2.88. The van der Waals surface area contributed by atoms with Crippen LogP contribution in [-0.2, 0) is 0 Å². The number of benzene rings is 1. The molecule has 0 aliphatic rings. The van der Waals surface area contributed by atoms with Gasteiger partial charge in [-0.15, -0.1) is 11.3 Å². The van der Waals surface area contributed by atoms with Crippen LogP contribution in [0.25, 0.3) is 0 Å². The van der Waals surface area contributed by atoms with Crippen LogP contribution in [0.1, 0.15) is 30.0 Å². The number of hydrogen-bond donors (Lipinski definition) is 1. The summed E-state index contributed by atoms with van der Waals surface area (Å²) in [6, 6.07) is 4.38. The summed E-state index contributed by atoms with van der Waals surface area (Å²) in [7, 11) is 0. The second-order valence-electron chi connectivity index (χ2n) is 3.92. The standard InChI is InChI=1S/C13H14ClFN2S/c1-2-5-16-12(13-17-6-7-18-13)10-8-9(14)3-4-11(10)15/h3-4,6-8,12,16H,2,5H2,1H3. The number of rotatable bonds is 5. The van der Waals surface area contributed by atoms with Crippen LogP contribution >= 0.6 is 22.9 Å². The molecule has 0 saturated heterocycles. The molecule has 1 N–H and O–H groups in total. The average molecular weight is 285 g/mol. The number of hydrogen-bond acceptors (Lipinski definition) is 3. The molecule has 96 valence electrons. The Morgan fingerprint density at radius 1 is 1.50 bits per heavy atom. The van der Waals surface area contributed by atoms with E-state index < -0.39 is 0 Å². The van der Waals surface area contributed by atoms with Crippen LogP contribution in [0.5, 0.6) is 0 Å². The Morgan fingerprint density at radius 2 is 2.33 bits per heavy atom. The van der Waals surface area contributed by atoms with Gasteiger partial charge in [0, 0.05) is 22.2 Å². The molecule has 5 heteroatoms. The van der Waals surface area contributed by atoms with Crippen molar-refractivity contribution >= 4 is 22.9 Å². The molecule has 0 spiro atoms. The van der Waals surface area contributed by atoms with Crippen molar-refractivity contribution < 1.29 is 4.39 Å². The zero-order valence-corrected chi connectivity index (χ0v) is 11.6. The van der Waals surface area contributed by atoms with Crippen molar-refractivity contribution in [3.8, 4) is 0 Å². The van der Waals surface area contributed by atoms with E-state index in [1.807, 2.05) is 5.38 Å². The highest BCUT2D eigenvalue weighted by atomic mass is 35.5. The summed E-state index contributed by atoms with van der Waals surface area (Å²) < 4.78 is 13.9. The summed E-state index contributed by atoms with van der Waals surface area (Å²) in [5, 5.41) is 6.58. The largest absolute Gasteiger partial charge is 0.304 e. The van der Waals surface area contributed by atoms with Crippen LogP contribution in [0.2, 0.25) is 5.02 Å². The van der Waals surface area contributed by atoms with Crippen molar-refractivity contribution in [1.29, 1.82) is 0 Å². The van der Waals surface area contributed by atoms with Gasteiger partial charge in [-0.1, -0.05) is 18.5 Å². The van der Waals surface area contributed by atoms with Gasteiger partial charge in [0.05, 0.1) is 6.04 Å². The van der Waals surface area contributed by atoms with Crippen molar-refractivity contribution in [2.75, 3.05) is 6.54 Å². The number of nitrogens with zero attached hydrogens (tertiary/aromatic N) is 1. The maximum Gasteiger partial charge on any atom is 0.128 e. The lowest BCUT2D eigenvalue weighted by Gasteiger charge is -2.17. The summed E-state index contributed by atoms with van der Waals surface area (Å²) >= 11 is 7.45. The van der Waals surface area contributed by atoms with E-state index in [1.165, 1.54) is 17.4 Å². The van der Waals surface area contributed by atoms with Gasteiger partial charge < -0.3 is 5.32 Å². The summed E-state index contributed by atoms with van der Waals surface area (Å²) in [5.74, 6) is -0.261. The van der Waals surface area contributed by atoms with E-state index in [9.17, 15) is 4.39 Å². The fourth-order valence-corrected chi connectivity index (χ4v) is 2.64. The lowest BCUT2D eigenvalue weighted by Crippen LogP contribution is -2.24. The Balaban J connectivity index is 2.36. The first-order valence-electron chi connectivity index (χ1n) is 5.80. The summed E-state index contributed by atoms with van der Waals surface area (Å²) in [6.07, 6.45) is 2.70. The smallest absolute Gasteiger partial charge is 0.128 e. The first-order chi connectivity index (χ1) is 8.72.